The fraction of sp³-hybridized carbons (Fsp3) is 0.417. The maximum absolute atomic E-state index is 12.7. The van der Waals surface area contributed by atoms with Crippen molar-refractivity contribution in [3.05, 3.63) is 35.6 Å². The zero-order chi connectivity index (χ0) is 12.3. The minimum Gasteiger partial charge on any atom is -0.387 e. The van der Waals surface area contributed by atoms with Crippen LogP contribution in [0.2, 0.25) is 0 Å². The van der Waals surface area contributed by atoms with E-state index >= 15 is 0 Å². The summed E-state index contributed by atoms with van der Waals surface area (Å²) < 4.78 is 12.7. The molecule has 5 heteroatoms. The van der Waals surface area contributed by atoms with Gasteiger partial charge in [0.1, 0.15) is 5.82 Å². The highest BCUT2D eigenvalue weighted by molar-refractivity contribution is 5.80. The topological polar surface area (TPSA) is 61.4 Å². The first-order chi connectivity index (χ1) is 8.16. The fourth-order valence-corrected chi connectivity index (χ4v) is 1.62. The Balaban J connectivity index is 1.82. The lowest BCUT2D eigenvalue weighted by atomic mass is 10.0. The normalized spacial score (nSPS) is 17.3. The summed E-state index contributed by atoms with van der Waals surface area (Å²) >= 11 is 0. The van der Waals surface area contributed by atoms with Crippen LogP contribution in [0.4, 0.5) is 4.39 Å². The first-order valence-electron chi connectivity index (χ1n) is 5.59. The average Bonchev–Trinajstić information content (AvgIpc) is 2.24. The number of hydrogen-bond donors (Lipinski definition) is 3. The van der Waals surface area contributed by atoms with E-state index < -0.39 is 6.10 Å². The summed E-state index contributed by atoms with van der Waals surface area (Å²) in [4.78, 5) is 11.5. The van der Waals surface area contributed by atoms with Gasteiger partial charge < -0.3 is 15.7 Å². The molecule has 0 radical (unpaired) electrons. The van der Waals surface area contributed by atoms with Gasteiger partial charge in [-0.15, -0.1) is 0 Å². The summed E-state index contributed by atoms with van der Waals surface area (Å²) in [6.07, 6.45) is -0.799. The third-order valence-electron chi connectivity index (χ3n) is 2.88. The number of carbonyl (C=O) groups excluding carboxylic acids is 1. The second kappa shape index (κ2) is 5.25. The maximum Gasteiger partial charge on any atom is 0.225 e. The van der Waals surface area contributed by atoms with Gasteiger partial charge in [-0.25, -0.2) is 4.39 Å². The third-order valence-corrected chi connectivity index (χ3v) is 2.88. The molecule has 92 valence electrons. The van der Waals surface area contributed by atoms with Crippen LogP contribution in [0.1, 0.15) is 11.7 Å². The number of amides is 1. The summed E-state index contributed by atoms with van der Waals surface area (Å²) in [7, 11) is 0. The summed E-state index contributed by atoms with van der Waals surface area (Å²) in [5.74, 6) is -0.383. The Kier molecular flexibility index (Phi) is 3.71. The number of rotatable bonds is 4. The molecule has 1 aliphatic rings. The van der Waals surface area contributed by atoms with E-state index in [1.54, 1.807) is 0 Å². The van der Waals surface area contributed by atoms with Crippen molar-refractivity contribution in [3.63, 3.8) is 0 Å². The highest BCUT2D eigenvalue weighted by Crippen LogP contribution is 2.12. The standard InChI is InChI=1S/C12H15FN2O2/c13-10-3-1-8(2-4-10)11(16)7-15-12(17)9-5-14-6-9/h1-4,9,11,14,16H,5-7H2,(H,15,17). The molecule has 1 fully saturated rings. The van der Waals surface area contributed by atoms with Crippen molar-refractivity contribution in [3.8, 4) is 0 Å². The van der Waals surface area contributed by atoms with Gasteiger partial charge in [-0.3, -0.25) is 4.79 Å². The molecule has 1 aliphatic heterocycles. The van der Waals surface area contributed by atoms with Gasteiger partial charge in [-0.2, -0.15) is 0 Å². The summed E-state index contributed by atoms with van der Waals surface area (Å²) in [5.41, 5.74) is 0.596. The van der Waals surface area contributed by atoms with Crippen molar-refractivity contribution in [2.45, 2.75) is 6.10 Å². The summed E-state index contributed by atoms with van der Waals surface area (Å²) in [6.45, 7) is 1.54. The van der Waals surface area contributed by atoms with Gasteiger partial charge in [0.15, 0.2) is 0 Å². The number of carbonyl (C=O) groups is 1. The van der Waals surface area contributed by atoms with Crippen molar-refractivity contribution in [1.82, 2.24) is 10.6 Å². The Bertz CT molecular complexity index is 390. The molecule has 1 heterocycles. The largest absolute Gasteiger partial charge is 0.387 e. The van der Waals surface area contributed by atoms with Gasteiger partial charge in [0.05, 0.1) is 12.0 Å². The SMILES string of the molecule is O=C(NCC(O)c1ccc(F)cc1)C1CNC1. The van der Waals surface area contributed by atoms with E-state index in [2.05, 4.69) is 10.6 Å². The molecule has 1 aromatic carbocycles. The van der Waals surface area contributed by atoms with Crippen LogP contribution in [0, 0.1) is 11.7 Å². The van der Waals surface area contributed by atoms with Gasteiger partial charge in [-0.05, 0) is 17.7 Å². The van der Waals surface area contributed by atoms with Crippen LogP contribution in [0.15, 0.2) is 24.3 Å². The molecule has 0 bridgehead atoms. The highest BCUT2D eigenvalue weighted by Gasteiger charge is 2.24. The molecule has 4 nitrogen and oxygen atoms in total. The minimum atomic E-state index is -0.799. The van der Waals surface area contributed by atoms with Gasteiger partial charge in [0.25, 0.3) is 0 Å². The predicted octanol–water partition coefficient (Wildman–Crippen LogP) is 0.195. The Labute approximate surface area is 98.8 Å². The molecule has 0 saturated carbocycles. The Morgan fingerprint density at radius 2 is 2.12 bits per heavy atom. The number of halogens is 1. The van der Waals surface area contributed by atoms with E-state index in [9.17, 15) is 14.3 Å². The second-order valence-corrected chi connectivity index (χ2v) is 4.17. The molecule has 0 aliphatic carbocycles. The van der Waals surface area contributed by atoms with E-state index in [-0.39, 0.29) is 24.2 Å². The van der Waals surface area contributed by atoms with Crippen molar-refractivity contribution in [2.75, 3.05) is 19.6 Å². The van der Waals surface area contributed by atoms with Crippen molar-refractivity contribution >= 4 is 5.91 Å². The molecule has 1 unspecified atom stereocenters. The van der Waals surface area contributed by atoms with Crippen molar-refractivity contribution in [2.24, 2.45) is 5.92 Å². The minimum absolute atomic E-state index is 0.00965. The predicted molar refractivity (Wildman–Crippen MR) is 60.7 cm³/mol. The Morgan fingerprint density at radius 3 is 2.65 bits per heavy atom. The molecule has 1 atom stereocenters. The van der Waals surface area contributed by atoms with Gasteiger partial charge in [0, 0.05) is 19.6 Å². The van der Waals surface area contributed by atoms with Gasteiger partial charge >= 0.3 is 0 Å². The molecule has 3 N–H and O–H groups in total. The second-order valence-electron chi connectivity index (χ2n) is 4.17. The van der Waals surface area contributed by atoms with Crippen LogP contribution in [-0.2, 0) is 4.79 Å². The van der Waals surface area contributed by atoms with Crippen LogP contribution in [0.5, 0.6) is 0 Å². The zero-order valence-corrected chi connectivity index (χ0v) is 9.32. The Hall–Kier alpha value is -1.46. The van der Waals surface area contributed by atoms with Crippen LogP contribution >= 0.6 is 0 Å². The molecular weight excluding hydrogens is 223 g/mol. The zero-order valence-electron chi connectivity index (χ0n) is 9.32. The van der Waals surface area contributed by atoms with Crippen LogP contribution in [0.3, 0.4) is 0 Å². The van der Waals surface area contributed by atoms with Crippen LogP contribution < -0.4 is 10.6 Å². The highest BCUT2D eigenvalue weighted by atomic mass is 19.1. The van der Waals surface area contributed by atoms with Crippen LogP contribution in [0.25, 0.3) is 0 Å². The average molecular weight is 238 g/mol. The lowest BCUT2D eigenvalue weighted by molar-refractivity contribution is -0.126. The summed E-state index contributed by atoms with van der Waals surface area (Å²) in [5, 5.41) is 15.5. The van der Waals surface area contributed by atoms with E-state index in [4.69, 9.17) is 0 Å². The lowest BCUT2D eigenvalue weighted by Crippen LogP contribution is -2.51. The molecule has 0 spiro atoms. The lowest BCUT2D eigenvalue weighted by Gasteiger charge is -2.26. The quantitative estimate of drug-likeness (QED) is 0.702. The first-order valence-corrected chi connectivity index (χ1v) is 5.59. The first kappa shape index (κ1) is 12.0. The number of benzene rings is 1. The summed E-state index contributed by atoms with van der Waals surface area (Å²) in [6, 6.07) is 5.60. The number of hydrogen-bond acceptors (Lipinski definition) is 3. The fourth-order valence-electron chi connectivity index (χ4n) is 1.62. The van der Waals surface area contributed by atoms with Gasteiger partial charge in [0.2, 0.25) is 5.91 Å². The molecule has 2 rings (SSSR count). The van der Waals surface area contributed by atoms with Crippen LogP contribution in [-0.4, -0.2) is 30.6 Å². The molecule has 0 aromatic heterocycles. The maximum atomic E-state index is 12.7. The monoisotopic (exact) mass is 238 g/mol. The van der Waals surface area contributed by atoms with E-state index in [0.717, 1.165) is 0 Å². The van der Waals surface area contributed by atoms with Crippen molar-refractivity contribution in [1.29, 1.82) is 0 Å². The molecule has 1 amide bonds. The number of aliphatic hydroxyl groups is 1. The molecule has 1 saturated heterocycles. The van der Waals surface area contributed by atoms with Gasteiger partial charge in [-0.1, -0.05) is 12.1 Å². The molecule has 17 heavy (non-hydrogen) atoms. The smallest absolute Gasteiger partial charge is 0.225 e. The van der Waals surface area contributed by atoms with E-state index in [1.165, 1.54) is 24.3 Å². The Morgan fingerprint density at radius 1 is 1.47 bits per heavy atom. The number of nitrogens with one attached hydrogen (secondary N) is 2. The third kappa shape index (κ3) is 3.01. The molecular formula is C12H15FN2O2. The van der Waals surface area contributed by atoms with E-state index in [0.29, 0.717) is 18.7 Å². The molecule has 1 aromatic rings. The van der Waals surface area contributed by atoms with E-state index in [1.807, 2.05) is 0 Å². The number of aliphatic hydroxyl groups excluding tert-OH is 1. The van der Waals surface area contributed by atoms with Crippen molar-refractivity contribution < 1.29 is 14.3 Å².